The molecular weight excluding hydrogens is 220 g/mol. The zero-order chi connectivity index (χ0) is 13.0. The third kappa shape index (κ3) is 3.71. The summed E-state index contributed by atoms with van der Waals surface area (Å²) >= 11 is 0. The summed E-state index contributed by atoms with van der Waals surface area (Å²) in [6.07, 6.45) is 10.0. The molecule has 0 radical (unpaired) electrons. The molecule has 0 aromatic rings. The summed E-state index contributed by atoms with van der Waals surface area (Å²) < 4.78 is 0. The molecule has 2 rings (SSSR count). The van der Waals surface area contributed by atoms with Crippen LogP contribution in [-0.2, 0) is 0 Å². The zero-order valence-corrected chi connectivity index (χ0v) is 12.7. The van der Waals surface area contributed by atoms with E-state index in [-0.39, 0.29) is 0 Å². The van der Waals surface area contributed by atoms with Crippen molar-refractivity contribution in [3.8, 4) is 0 Å². The third-order valence-electron chi connectivity index (χ3n) is 5.03. The first kappa shape index (κ1) is 14.3. The fourth-order valence-corrected chi connectivity index (χ4v) is 3.76. The van der Waals surface area contributed by atoms with Gasteiger partial charge in [-0.25, -0.2) is 0 Å². The second kappa shape index (κ2) is 6.38. The van der Waals surface area contributed by atoms with Crippen molar-refractivity contribution < 1.29 is 0 Å². The second-order valence-electron chi connectivity index (χ2n) is 7.06. The third-order valence-corrected chi connectivity index (χ3v) is 5.03. The van der Waals surface area contributed by atoms with Gasteiger partial charge < -0.3 is 10.2 Å². The number of piperidine rings is 1. The molecule has 2 heteroatoms. The van der Waals surface area contributed by atoms with Crippen LogP contribution in [0.2, 0.25) is 0 Å². The molecule has 0 aromatic carbocycles. The molecule has 1 saturated carbocycles. The summed E-state index contributed by atoms with van der Waals surface area (Å²) in [5.74, 6) is 0. The van der Waals surface area contributed by atoms with Gasteiger partial charge in [0, 0.05) is 25.2 Å². The predicted octanol–water partition coefficient (Wildman–Crippen LogP) is 3.42. The second-order valence-corrected chi connectivity index (χ2v) is 7.06. The number of likely N-dealkylation sites (tertiary alicyclic amines) is 1. The van der Waals surface area contributed by atoms with Crippen molar-refractivity contribution in [1.82, 2.24) is 10.2 Å². The number of hydrogen-bond acceptors (Lipinski definition) is 2. The number of hydrogen-bond donors (Lipinski definition) is 1. The minimum Gasteiger partial charge on any atom is -0.314 e. The quantitative estimate of drug-likeness (QED) is 0.806. The lowest BCUT2D eigenvalue weighted by atomic mass is 9.84. The van der Waals surface area contributed by atoms with Gasteiger partial charge >= 0.3 is 0 Å². The molecule has 1 heterocycles. The Labute approximate surface area is 114 Å². The van der Waals surface area contributed by atoms with E-state index < -0.39 is 0 Å². The Morgan fingerprint density at radius 3 is 2.50 bits per heavy atom. The van der Waals surface area contributed by atoms with E-state index in [4.69, 9.17) is 0 Å². The molecule has 0 bridgehead atoms. The van der Waals surface area contributed by atoms with Gasteiger partial charge in [0.05, 0.1) is 0 Å². The molecule has 0 amide bonds. The average Bonchev–Trinajstić information content (AvgIpc) is 2.79. The Balaban J connectivity index is 1.92. The van der Waals surface area contributed by atoms with Crippen LogP contribution in [0.5, 0.6) is 0 Å². The molecule has 1 unspecified atom stereocenters. The topological polar surface area (TPSA) is 15.3 Å². The molecule has 0 aromatic heterocycles. The van der Waals surface area contributed by atoms with Crippen LogP contribution < -0.4 is 5.32 Å². The van der Waals surface area contributed by atoms with Gasteiger partial charge in [0.1, 0.15) is 0 Å². The molecule has 1 atom stereocenters. The van der Waals surface area contributed by atoms with E-state index in [2.05, 4.69) is 31.0 Å². The van der Waals surface area contributed by atoms with E-state index >= 15 is 0 Å². The van der Waals surface area contributed by atoms with Crippen LogP contribution in [0.1, 0.15) is 65.7 Å². The average molecular weight is 252 g/mol. The molecule has 1 aliphatic heterocycles. The Morgan fingerprint density at radius 1 is 1.17 bits per heavy atom. The number of nitrogens with one attached hydrogen (secondary N) is 1. The number of rotatable bonds is 5. The minimum atomic E-state index is 0.579. The Morgan fingerprint density at radius 2 is 1.89 bits per heavy atom. The normalized spacial score (nSPS) is 29.0. The van der Waals surface area contributed by atoms with Crippen molar-refractivity contribution in [2.45, 2.75) is 77.8 Å². The van der Waals surface area contributed by atoms with Crippen molar-refractivity contribution in [2.75, 3.05) is 19.6 Å². The van der Waals surface area contributed by atoms with Crippen molar-refractivity contribution in [2.24, 2.45) is 5.41 Å². The van der Waals surface area contributed by atoms with E-state index in [1.165, 1.54) is 64.6 Å². The highest BCUT2D eigenvalue weighted by Crippen LogP contribution is 2.39. The Hall–Kier alpha value is -0.0800. The highest BCUT2D eigenvalue weighted by molar-refractivity contribution is 4.91. The highest BCUT2D eigenvalue weighted by Gasteiger charge is 2.36. The monoisotopic (exact) mass is 252 g/mol. The summed E-state index contributed by atoms with van der Waals surface area (Å²) in [5, 5.41) is 3.71. The Bertz CT molecular complexity index is 243. The van der Waals surface area contributed by atoms with E-state index in [1.54, 1.807) is 0 Å². The smallest absolute Gasteiger partial charge is 0.00671 e. The standard InChI is InChI=1S/C16H32N2/c1-14(2)17-12-16(9-5-6-10-16)13-18-11-7-4-8-15(18)3/h14-15,17H,4-13H2,1-3H3. The first-order valence-corrected chi connectivity index (χ1v) is 8.09. The molecule has 0 spiro atoms. The van der Waals surface area contributed by atoms with Gasteiger partial charge in [0.15, 0.2) is 0 Å². The maximum atomic E-state index is 3.71. The van der Waals surface area contributed by atoms with E-state index in [0.717, 1.165) is 6.04 Å². The van der Waals surface area contributed by atoms with Gasteiger partial charge in [-0.15, -0.1) is 0 Å². The molecule has 2 fully saturated rings. The van der Waals surface area contributed by atoms with E-state index in [9.17, 15) is 0 Å². The highest BCUT2D eigenvalue weighted by atomic mass is 15.2. The summed E-state index contributed by atoms with van der Waals surface area (Å²) in [7, 11) is 0. The first-order valence-electron chi connectivity index (χ1n) is 8.09. The van der Waals surface area contributed by atoms with Gasteiger partial charge in [-0.2, -0.15) is 0 Å². The van der Waals surface area contributed by atoms with Crippen LogP contribution in [-0.4, -0.2) is 36.6 Å². The van der Waals surface area contributed by atoms with Crippen LogP contribution in [0.25, 0.3) is 0 Å². The molecule has 1 saturated heterocycles. The molecule has 18 heavy (non-hydrogen) atoms. The SMILES string of the molecule is CC(C)NCC1(CN2CCCCC2C)CCCC1. The lowest BCUT2D eigenvalue weighted by molar-refractivity contribution is 0.0879. The largest absolute Gasteiger partial charge is 0.314 e. The molecule has 106 valence electrons. The fourth-order valence-electron chi connectivity index (χ4n) is 3.76. The summed E-state index contributed by atoms with van der Waals surface area (Å²) in [6, 6.07) is 1.44. The van der Waals surface area contributed by atoms with Crippen LogP contribution >= 0.6 is 0 Å². The fraction of sp³-hybridized carbons (Fsp3) is 1.00. The maximum Gasteiger partial charge on any atom is 0.00671 e. The first-order chi connectivity index (χ1) is 8.61. The van der Waals surface area contributed by atoms with Gasteiger partial charge in [-0.3, -0.25) is 0 Å². The van der Waals surface area contributed by atoms with Crippen molar-refractivity contribution >= 4 is 0 Å². The van der Waals surface area contributed by atoms with Gasteiger partial charge in [0.25, 0.3) is 0 Å². The van der Waals surface area contributed by atoms with Crippen LogP contribution in [0, 0.1) is 5.41 Å². The van der Waals surface area contributed by atoms with Gasteiger partial charge in [-0.1, -0.05) is 33.1 Å². The summed E-state index contributed by atoms with van der Waals surface area (Å²) in [5.41, 5.74) is 0.579. The minimum absolute atomic E-state index is 0.579. The van der Waals surface area contributed by atoms with Crippen molar-refractivity contribution in [3.63, 3.8) is 0 Å². The molecule has 2 aliphatic rings. The predicted molar refractivity (Wildman–Crippen MR) is 78.9 cm³/mol. The van der Waals surface area contributed by atoms with Crippen LogP contribution in [0.15, 0.2) is 0 Å². The van der Waals surface area contributed by atoms with E-state index in [1.807, 2.05) is 0 Å². The molecule has 1 aliphatic carbocycles. The lowest BCUT2D eigenvalue weighted by Gasteiger charge is -2.41. The van der Waals surface area contributed by atoms with E-state index in [0.29, 0.717) is 11.5 Å². The Kier molecular flexibility index (Phi) is 5.08. The van der Waals surface area contributed by atoms with Crippen LogP contribution in [0.4, 0.5) is 0 Å². The van der Waals surface area contributed by atoms with Crippen molar-refractivity contribution in [3.05, 3.63) is 0 Å². The molecule has 2 nitrogen and oxygen atoms in total. The number of nitrogens with zero attached hydrogens (tertiary/aromatic N) is 1. The lowest BCUT2D eigenvalue weighted by Crippen LogP contribution is -2.48. The van der Waals surface area contributed by atoms with Gasteiger partial charge in [-0.05, 0) is 44.6 Å². The maximum absolute atomic E-state index is 3.71. The van der Waals surface area contributed by atoms with Crippen LogP contribution in [0.3, 0.4) is 0 Å². The van der Waals surface area contributed by atoms with Gasteiger partial charge in [0.2, 0.25) is 0 Å². The summed E-state index contributed by atoms with van der Waals surface area (Å²) in [6.45, 7) is 10.9. The summed E-state index contributed by atoms with van der Waals surface area (Å²) in [4.78, 5) is 2.77. The molecule has 1 N–H and O–H groups in total. The zero-order valence-electron chi connectivity index (χ0n) is 12.7. The molecular formula is C16H32N2. The van der Waals surface area contributed by atoms with Crippen molar-refractivity contribution in [1.29, 1.82) is 0 Å².